The summed E-state index contributed by atoms with van der Waals surface area (Å²) in [5.74, 6) is 0. The molecule has 0 aliphatic carbocycles. The molecule has 2 N–H and O–H groups in total. The Morgan fingerprint density at radius 3 is 3.00 bits per heavy atom. The Labute approximate surface area is 107 Å². The van der Waals surface area contributed by atoms with Crippen LogP contribution in [0, 0.1) is 17.0 Å². The van der Waals surface area contributed by atoms with E-state index in [-0.39, 0.29) is 10.6 Å². The normalized spacial score (nSPS) is 19.5. The first-order valence-electron chi connectivity index (χ1n) is 6.39. The van der Waals surface area contributed by atoms with Crippen molar-refractivity contribution in [1.82, 2.24) is 5.32 Å². The van der Waals surface area contributed by atoms with Crippen LogP contribution in [0.5, 0.6) is 0 Å². The Bertz CT molecular complexity index is 428. The number of piperidine rings is 1. The zero-order valence-electron chi connectivity index (χ0n) is 10.6. The first-order chi connectivity index (χ1) is 8.66. The third kappa shape index (κ3) is 3.20. The molecule has 0 saturated carbocycles. The van der Waals surface area contributed by atoms with E-state index in [1.54, 1.807) is 19.1 Å². The molecule has 5 heteroatoms. The largest absolute Gasteiger partial charge is 0.383 e. The molecule has 1 aliphatic heterocycles. The average molecular weight is 249 g/mol. The maximum atomic E-state index is 10.8. The smallest absolute Gasteiger partial charge is 0.274 e. The predicted octanol–water partition coefficient (Wildman–Crippen LogP) is 2.46. The number of hydrogen-bond donors (Lipinski definition) is 2. The van der Waals surface area contributed by atoms with E-state index in [2.05, 4.69) is 10.6 Å². The first kappa shape index (κ1) is 12.8. The van der Waals surface area contributed by atoms with Gasteiger partial charge in [0.25, 0.3) is 5.69 Å². The van der Waals surface area contributed by atoms with Gasteiger partial charge in [-0.3, -0.25) is 10.1 Å². The van der Waals surface area contributed by atoms with Crippen molar-refractivity contribution in [2.24, 2.45) is 0 Å². The average Bonchev–Trinajstić information content (AvgIpc) is 2.38. The molecular formula is C13H19N3O2. The third-order valence-corrected chi connectivity index (χ3v) is 3.37. The van der Waals surface area contributed by atoms with E-state index in [1.807, 2.05) is 6.07 Å². The maximum absolute atomic E-state index is 10.8. The molecule has 0 radical (unpaired) electrons. The number of rotatable bonds is 4. The summed E-state index contributed by atoms with van der Waals surface area (Å²) in [7, 11) is 0. The van der Waals surface area contributed by atoms with E-state index in [0.717, 1.165) is 18.8 Å². The van der Waals surface area contributed by atoms with Gasteiger partial charge in [0, 0.05) is 29.9 Å². The Hall–Kier alpha value is -1.62. The maximum Gasteiger partial charge on any atom is 0.274 e. The second-order valence-corrected chi connectivity index (χ2v) is 4.79. The highest BCUT2D eigenvalue weighted by atomic mass is 16.6. The van der Waals surface area contributed by atoms with Gasteiger partial charge >= 0.3 is 0 Å². The highest BCUT2D eigenvalue weighted by molar-refractivity contribution is 5.54. The zero-order chi connectivity index (χ0) is 13.0. The van der Waals surface area contributed by atoms with Crippen LogP contribution < -0.4 is 10.6 Å². The molecule has 1 heterocycles. The van der Waals surface area contributed by atoms with Crippen LogP contribution in [0.3, 0.4) is 0 Å². The van der Waals surface area contributed by atoms with E-state index >= 15 is 0 Å². The van der Waals surface area contributed by atoms with Crippen molar-refractivity contribution in [2.75, 3.05) is 18.4 Å². The summed E-state index contributed by atoms with van der Waals surface area (Å²) in [5.41, 5.74) is 1.69. The van der Waals surface area contributed by atoms with Crippen molar-refractivity contribution < 1.29 is 4.92 Å². The number of anilines is 1. The fourth-order valence-electron chi connectivity index (χ4n) is 2.26. The van der Waals surface area contributed by atoms with Crippen LogP contribution >= 0.6 is 0 Å². The summed E-state index contributed by atoms with van der Waals surface area (Å²) in [6, 6.07) is 5.76. The molecule has 5 nitrogen and oxygen atoms in total. The van der Waals surface area contributed by atoms with Crippen LogP contribution in [0.4, 0.5) is 11.4 Å². The molecule has 18 heavy (non-hydrogen) atoms. The van der Waals surface area contributed by atoms with Gasteiger partial charge in [0.1, 0.15) is 0 Å². The van der Waals surface area contributed by atoms with E-state index in [1.165, 1.54) is 19.3 Å². The molecular weight excluding hydrogens is 230 g/mol. The Kier molecular flexibility index (Phi) is 4.15. The molecule has 0 bridgehead atoms. The van der Waals surface area contributed by atoms with Crippen molar-refractivity contribution in [3.05, 3.63) is 33.9 Å². The van der Waals surface area contributed by atoms with Crippen LogP contribution in [-0.2, 0) is 0 Å². The molecule has 1 aromatic rings. The van der Waals surface area contributed by atoms with Gasteiger partial charge in [-0.15, -0.1) is 0 Å². The van der Waals surface area contributed by atoms with Crippen molar-refractivity contribution in [3.8, 4) is 0 Å². The lowest BCUT2D eigenvalue weighted by atomic mass is 10.0. The van der Waals surface area contributed by atoms with Gasteiger partial charge in [0.05, 0.1) is 4.92 Å². The van der Waals surface area contributed by atoms with Crippen LogP contribution in [0.2, 0.25) is 0 Å². The fourth-order valence-corrected chi connectivity index (χ4v) is 2.26. The summed E-state index contributed by atoms with van der Waals surface area (Å²) >= 11 is 0. The number of nitrogens with zero attached hydrogens (tertiary/aromatic N) is 1. The highest BCUT2D eigenvalue weighted by Gasteiger charge is 2.14. The number of nitrogens with one attached hydrogen (secondary N) is 2. The van der Waals surface area contributed by atoms with Gasteiger partial charge < -0.3 is 10.6 Å². The number of nitro groups is 1. The number of benzene rings is 1. The van der Waals surface area contributed by atoms with Crippen LogP contribution in [0.1, 0.15) is 24.8 Å². The van der Waals surface area contributed by atoms with Crippen LogP contribution in [0.25, 0.3) is 0 Å². The van der Waals surface area contributed by atoms with Crippen molar-refractivity contribution in [2.45, 2.75) is 32.2 Å². The standard InChI is InChI=1S/C13H19N3O2/c1-10-5-6-11(8-13(10)16(17)18)15-9-12-4-2-3-7-14-12/h5-6,8,12,14-15H,2-4,7,9H2,1H3. The molecule has 1 atom stereocenters. The molecule has 0 spiro atoms. The quantitative estimate of drug-likeness (QED) is 0.635. The minimum Gasteiger partial charge on any atom is -0.383 e. The van der Waals surface area contributed by atoms with E-state index in [4.69, 9.17) is 0 Å². The third-order valence-electron chi connectivity index (χ3n) is 3.37. The lowest BCUT2D eigenvalue weighted by molar-refractivity contribution is -0.385. The Balaban J connectivity index is 1.96. The van der Waals surface area contributed by atoms with Gasteiger partial charge in [0.2, 0.25) is 0 Å². The van der Waals surface area contributed by atoms with E-state index in [9.17, 15) is 10.1 Å². The van der Waals surface area contributed by atoms with Crippen LogP contribution in [0.15, 0.2) is 18.2 Å². The molecule has 1 unspecified atom stereocenters. The number of aryl methyl sites for hydroxylation is 1. The minimum atomic E-state index is -0.334. The minimum absolute atomic E-state index is 0.177. The van der Waals surface area contributed by atoms with Crippen molar-refractivity contribution in [3.63, 3.8) is 0 Å². The molecule has 1 saturated heterocycles. The SMILES string of the molecule is Cc1ccc(NCC2CCCCN2)cc1[N+](=O)[O-]. The molecule has 1 fully saturated rings. The summed E-state index contributed by atoms with van der Waals surface area (Å²) in [6.07, 6.45) is 3.67. The van der Waals surface area contributed by atoms with Gasteiger partial charge in [-0.05, 0) is 32.4 Å². The van der Waals surface area contributed by atoms with Gasteiger partial charge in [0.15, 0.2) is 0 Å². The number of hydrogen-bond acceptors (Lipinski definition) is 4. The molecule has 98 valence electrons. The lowest BCUT2D eigenvalue weighted by Gasteiger charge is -2.24. The first-order valence-corrected chi connectivity index (χ1v) is 6.39. The fraction of sp³-hybridized carbons (Fsp3) is 0.538. The molecule has 0 aromatic heterocycles. The van der Waals surface area contributed by atoms with Gasteiger partial charge in [-0.25, -0.2) is 0 Å². The number of nitro benzene ring substituents is 1. The van der Waals surface area contributed by atoms with Gasteiger partial charge in [-0.2, -0.15) is 0 Å². The Morgan fingerprint density at radius 2 is 2.33 bits per heavy atom. The lowest BCUT2D eigenvalue weighted by Crippen LogP contribution is -2.39. The molecule has 1 aliphatic rings. The monoisotopic (exact) mass is 249 g/mol. The van der Waals surface area contributed by atoms with Gasteiger partial charge in [-0.1, -0.05) is 12.5 Å². The van der Waals surface area contributed by atoms with E-state index in [0.29, 0.717) is 11.6 Å². The predicted molar refractivity (Wildman–Crippen MR) is 72.0 cm³/mol. The van der Waals surface area contributed by atoms with Crippen molar-refractivity contribution in [1.29, 1.82) is 0 Å². The second-order valence-electron chi connectivity index (χ2n) is 4.79. The summed E-state index contributed by atoms with van der Waals surface area (Å²) < 4.78 is 0. The van der Waals surface area contributed by atoms with Crippen LogP contribution in [-0.4, -0.2) is 24.1 Å². The molecule has 2 rings (SSSR count). The van der Waals surface area contributed by atoms with Crippen molar-refractivity contribution >= 4 is 11.4 Å². The van der Waals surface area contributed by atoms with E-state index < -0.39 is 0 Å². The Morgan fingerprint density at radius 1 is 1.50 bits per heavy atom. The molecule has 0 amide bonds. The summed E-state index contributed by atoms with van der Waals surface area (Å²) in [4.78, 5) is 10.5. The summed E-state index contributed by atoms with van der Waals surface area (Å²) in [6.45, 7) is 3.64. The zero-order valence-corrected chi connectivity index (χ0v) is 10.6. The molecule has 1 aromatic carbocycles. The second kappa shape index (κ2) is 5.82. The highest BCUT2D eigenvalue weighted by Crippen LogP contribution is 2.22. The topological polar surface area (TPSA) is 67.2 Å². The summed E-state index contributed by atoms with van der Waals surface area (Å²) in [5, 5.41) is 17.6.